The number of rotatable bonds is 4. The van der Waals surface area contributed by atoms with Crippen LogP contribution in [0.2, 0.25) is 0 Å². The summed E-state index contributed by atoms with van der Waals surface area (Å²) >= 11 is 1.31. The van der Waals surface area contributed by atoms with E-state index in [0.717, 1.165) is 6.07 Å². The van der Waals surface area contributed by atoms with Crippen LogP contribution in [0.3, 0.4) is 0 Å². The molecule has 5 nitrogen and oxygen atoms in total. The van der Waals surface area contributed by atoms with E-state index in [1.165, 1.54) is 23.5 Å². The van der Waals surface area contributed by atoms with Crippen LogP contribution in [0.25, 0.3) is 0 Å². The number of nitrogens with one attached hydrogen (secondary N) is 1. The van der Waals surface area contributed by atoms with Gasteiger partial charge in [-0.05, 0) is 6.07 Å². The molecular weight excluding hydrogens is 324 g/mol. The average molecular weight is 339 g/mol. The number of thiazole rings is 1. The molecule has 0 bridgehead atoms. The summed E-state index contributed by atoms with van der Waals surface area (Å²) in [5.74, 6) is -1.58. The predicted molar refractivity (Wildman–Crippen MR) is 81.0 cm³/mol. The highest BCUT2D eigenvalue weighted by atomic mass is 32.1. The number of halogens is 2. The third-order valence-corrected chi connectivity index (χ3v) is 4.34. The Hall–Kier alpha value is -1.90. The number of nitrogens with zero attached hydrogens (tertiary/aromatic N) is 2. The van der Waals surface area contributed by atoms with E-state index in [1.807, 2.05) is 4.90 Å². The fraction of sp³-hybridized carbons (Fsp3) is 0.333. The Labute approximate surface area is 135 Å². The van der Waals surface area contributed by atoms with Gasteiger partial charge in [0, 0.05) is 36.6 Å². The first-order valence-electron chi connectivity index (χ1n) is 7.06. The molecular formula is C15H15F2N3O2S. The van der Waals surface area contributed by atoms with Gasteiger partial charge in [-0.2, -0.15) is 0 Å². The molecule has 0 spiro atoms. The lowest BCUT2D eigenvalue weighted by Gasteiger charge is -2.16. The number of hydrogen-bond acceptors (Lipinski definition) is 5. The Morgan fingerprint density at radius 2 is 2.26 bits per heavy atom. The number of β-amino-alcohol motifs (C(OH)–C–C–N with tert-alkyl or cyclic N) is 1. The minimum absolute atomic E-state index is 0.242. The van der Waals surface area contributed by atoms with Gasteiger partial charge in [-0.3, -0.25) is 9.69 Å². The maximum atomic E-state index is 13.7. The van der Waals surface area contributed by atoms with E-state index in [1.54, 1.807) is 10.9 Å². The molecule has 0 unspecified atom stereocenters. The lowest BCUT2D eigenvalue weighted by Crippen LogP contribution is -2.42. The van der Waals surface area contributed by atoms with Crippen LogP contribution in [0.4, 0.5) is 8.78 Å². The molecule has 1 aliphatic heterocycles. The van der Waals surface area contributed by atoms with Gasteiger partial charge in [0.25, 0.3) is 5.91 Å². The van der Waals surface area contributed by atoms with Crippen LogP contribution in [-0.2, 0) is 6.54 Å². The molecule has 2 heterocycles. The quantitative estimate of drug-likeness (QED) is 0.884. The number of carbonyl (C=O) groups excluding carboxylic acids is 1. The lowest BCUT2D eigenvalue weighted by atomic mass is 10.2. The maximum Gasteiger partial charge on any atom is 0.271 e. The van der Waals surface area contributed by atoms with Crippen LogP contribution in [-0.4, -0.2) is 46.1 Å². The van der Waals surface area contributed by atoms with Crippen LogP contribution in [0.1, 0.15) is 16.1 Å². The van der Waals surface area contributed by atoms with Gasteiger partial charge in [0.15, 0.2) is 0 Å². The number of carbonyl (C=O) groups is 1. The van der Waals surface area contributed by atoms with Gasteiger partial charge >= 0.3 is 0 Å². The number of benzene rings is 1. The van der Waals surface area contributed by atoms with Gasteiger partial charge in [0.1, 0.15) is 17.3 Å². The number of hydrogen-bond donors (Lipinski definition) is 2. The third kappa shape index (κ3) is 3.72. The first-order valence-corrected chi connectivity index (χ1v) is 8.00. The molecule has 1 fully saturated rings. The molecule has 1 saturated heterocycles. The highest BCUT2D eigenvalue weighted by Crippen LogP contribution is 2.17. The second kappa shape index (κ2) is 6.69. The van der Waals surface area contributed by atoms with E-state index in [4.69, 9.17) is 0 Å². The Kier molecular flexibility index (Phi) is 4.65. The van der Waals surface area contributed by atoms with Crippen molar-refractivity contribution in [3.63, 3.8) is 0 Å². The van der Waals surface area contributed by atoms with Crippen molar-refractivity contribution in [2.75, 3.05) is 13.1 Å². The minimum atomic E-state index is -0.749. The fourth-order valence-corrected chi connectivity index (χ4v) is 3.13. The van der Waals surface area contributed by atoms with Gasteiger partial charge in [0.05, 0.1) is 17.7 Å². The van der Waals surface area contributed by atoms with E-state index >= 15 is 0 Å². The number of aliphatic hydroxyl groups is 1. The summed E-state index contributed by atoms with van der Waals surface area (Å²) in [7, 11) is 0. The van der Waals surface area contributed by atoms with Crippen molar-refractivity contribution < 1.29 is 18.7 Å². The molecule has 0 aliphatic carbocycles. The van der Waals surface area contributed by atoms with Crippen molar-refractivity contribution in [2.45, 2.75) is 18.7 Å². The van der Waals surface area contributed by atoms with Crippen molar-refractivity contribution in [3.05, 3.63) is 52.0 Å². The minimum Gasteiger partial charge on any atom is -0.390 e. The molecule has 0 saturated carbocycles. The smallest absolute Gasteiger partial charge is 0.271 e. The summed E-state index contributed by atoms with van der Waals surface area (Å²) in [5.41, 5.74) is 2.22. The third-order valence-electron chi connectivity index (χ3n) is 3.76. The number of aromatic nitrogens is 1. The summed E-state index contributed by atoms with van der Waals surface area (Å²) in [6.07, 6.45) is -0.749. The molecule has 0 radical (unpaired) electrons. The summed E-state index contributed by atoms with van der Waals surface area (Å²) < 4.78 is 26.6. The van der Waals surface area contributed by atoms with Crippen LogP contribution in [0.15, 0.2) is 29.1 Å². The molecule has 3 rings (SSSR count). The standard InChI is InChI=1S/C15H15F2N3O2S/c16-10-2-1-9(11(17)3-10)4-20-5-12(14(21)6-20)19-15(22)13-7-23-8-18-13/h1-3,7-8,12,14,21H,4-6H2,(H,19,22)/t12-,14-/m1/s1. The molecule has 8 heteroatoms. The SMILES string of the molecule is O=C(N[C@@H]1CN(Cc2ccc(F)cc2F)C[C@H]1O)c1cscn1. The lowest BCUT2D eigenvalue weighted by molar-refractivity contribution is 0.0884. The molecule has 23 heavy (non-hydrogen) atoms. The second-order valence-corrected chi connectivity index (χ2v) is 6.17. The first kappa shape index (κ1) is 16.0. The highest BCUT2D eigenvalue weighted by Gasteiger charge is 2.33. The van der Waals surface area contributed by atoms with Crippen molar-refractivity contribution in [3.8, 4) is 0 Å². The van der Waals surface area contributed by atoms with Gasteiger partial charge in [-0.25, -0.2) is 13.8 Å². The van der Waals surface area contributed by atoms with Crippen LogP contribution in [0, 0.1) is 11.6 Å². The second-order valence-electron chi connectivity index (χ2n) is 5.45. The Balaban J connectivity index is 1.61. The van der Waals surface area contributed by atoms with Crippen LogP contribution in [0.5, 0.6) is 0 Å². The molecule has 2 N–H and O–H groups in total. The molecule has 1 aliphatic rings. The summed E-state index contributed by atoms with van der Waals surface area (Å²) in [6.45, 7) is 0.929. The summed E-state index contributed by atoms with van der Waals surface area (Å²) in [6, 6.07) is 2.97. The predicted octanol–water partition coefficient (Wildman–Crippen LogP) is 1.40. The van der Waals surface area contributed by atoms with E-state index in [-0.39, 0.29) is 12.5 Å². The molecule has 122 valence electrons. The van der Waals surface area contributed by atoms with Crippen LogP contribution < -0.4 is 5.32 Å². The molecule has 1 aromatic heterocycles. The van der Waals surface area contributed by atoms with E-state index in [2.05, 4.69) is 10.3 Å². The van der Waals surface area contributed by atoms with E-state index < -0.39 is 23.8 Å². The van der Waals surface area contributed by atoms with Gasteiger partial charge in [0.2, 0.25) is 0 Å². The van der Waals surface area contributed by atoms with Gasteiger partial charge < -0.3 is 10.4 Å². The largest absolute Gasteiger partial charge is 0.390 e. The molecule has 1 amide bonds. The fourth-order valence-electron chi connectivity index (χ4n) is 2.59. The van der Waals surface area contributed by atoms with Crippen molar-refractivity contribution in [2.24, 2.45) is 0 Å². The van der Waals surface area contributed by atoms with Crippen LogP contribution >= 0.6 is 11.3 Å². The highest BCUT2D eigenvalue weighted by molar-refractivity contribution is 7.07. The monoisotopic (exact) mass is 339 g/mol. The number of likely N-dealkylation sites (tertiary alicyclic amines) is 1. The number of amides is 1. The van der Waals surface area contributed by atoms with Crippen molar-refractivity contribution >= 4 is 17.2 Å². The zero-order valence-corrected chi connectivity index (χ0v) is 12.9. The summed E-state index contributed by atoms with van der Waals surface area (Å²) in [4.78, 5) is 17.7. The molecule has 1 aromatic carbocycles. The van der Waals surface area contributed by atoms with Crippen molar-refractivity contribution in [1.29, 1.82) is 0 Å². The Morgan fingerprint density at radius 3 is 2.96 bits per heavy atom. The van der Waals surface area contributed by atoms with E-state index in [9.17, 15) is 18.7 Å². The van der Waals surface area contributed by atoms with Crippen molar-refractivity contribution in [1.82, 2.24) is 15.2 Å². The first-order chi connectivity index (χ1) is 11.0. The summed E-state index contributed by atoms with van der Waals surface area (Å²) in [5, 5.41) is 14.4. The molecule has 2 aromatic rings. The topological polar surface area (TPSA) is 65.5 Å². The molecule has 2 atom stereocenters. The normalized spacial score (nSPS) is 21.5. The number of aliphatic hydroxyl groups excluding tert-OH is 1. The Bertz CT molecular complexity index is 696. The maximum absolute atomic E-state index is 13.7. The average Bonchev–Trinajstić information content (AvgIpc) is 3.13. The zero-order valence-electron chi connectivity index (χ0n) is 12.1. The Morgan fingerprint density at radius 1 is 1.43 bits per heavy atom. The van der Waals surface area contributed by atoms with Gasteiger partial charge in [-0.1, -0.05) is 6.07 Å². The zero-order chi connectivity index (χ0) is 16.4. The van der Waals surface area contributed by atoms with Gasteiger partial charge in [-0.15, -0.1) is 11.3 Å². The van der Waals surface area contributed by atoms with E-state index in [0.29, 0.717) is 24.3 Å².